The van der Waals surface area contributed by atoms with E-state index in [4.69, 9.17) is 5.11 Å². The molecule has 0 saturated carbocycles. The van der Waals surface area contributed by atoms with E-state index in [0.717, 1.165) is 5.56 Å². The van der Waals surface area contributed by atoms with Gasteiger partial charge < -0.3 is 10.2 Å². The van der Waals surface area contributed by atoms with E-state index < -0.39 is 56.0 Å². The zero-order valence-electron chi connectivity index (χ0n) is 13.2. The van der Waals surface area contributed by atoms with Crippen molar-refractivity contribution in [1.29, 1.82) is 0 Å². The van der Waals surface area contributed by atoms with Gasteiger partial charge in [0, 0.05) is 0 Å². The molecule has 24 heavy (non-hydrogen) atoms. The fraction of sp³-hybridized carbons (Fsp3) is 0.500. The van der Waals surface area contributed by atoms with E-state index in [-0.39, 0.29) is 4.90 Å². The lowest BCUT2D eigenvalue weighted by atomic mass is 10.1. The molecule has 1 aromatic rings. The quantitative estimate of drug-likeness (QED) is 0.710. The van der Waals surface area contributed by atoms with E-state index in [1.54, 1.807) is 19.9 Å². The molecule has 0 aromatic heterocycles. The first kappa shape index (κ1) is 18.8. The smallest absolute Gasteiger partial charge is 0.318 e. The van der Waals surface area contributed by atoms with E-state index in [0.29, 0.717) is 9.87 Å². The van der Waals surface area contributed by atoms with Crippen molar-refractivity contribution >= 4 is 25.8 Å². The summed E-state index contributed by atoms with van der Waals surface area (Å²) in [5.41, 5.74) is 1.56. The standard InChI is InChI=1S/C14H19NO7S2/c1-9-3-4-11(5-10(9)2)24(21,22)15(6-14(17)18)12-7-23(19,20)8-13(12)16/h3-5,12-13,16H,6-8H2,1-2H3,(H,17,18)/t12-,13-/m1/s1. The Hall–Kier alpha value is -1.49. The van der Waals surface area contributed by atoms with Crippen molar-refractivity contribution in [2.45, 2.75) is 30.9 Å². The highest BCUT2D eigenvalue weighted by atomic mass is 32.2. The van der Waals surface area contributed by atoms with Gasteiger partial charge in [0.25, 0.3) is 0 Å². The van der Waals surface area contributed by atoms with Crippen LogP contribution in [0, 0.1) is 13.8 Å². The fourth-order valence-corrected chi connectivity index (χ4v) is 6.19. The number of aliphatic carboxylic acids is 1. The molecular formula is C14H19NO7S2. The predicted octanol–water partition coefficient (Wildman–Crippen LogP) is -0.463. The van der Waals surface area contributed by atoms with Crippen LogP contribution in [0.15, 0.2) is 23.1 Å². The Balaban J connectivity index is 2.50. The molecule has 2 atom stereocenters. The second-order valence-electron chi connectivity index (χ2n) is 5.90. The minimum atomic E-state index is -4.27. The van der Waals surface area contributed by atoms with Crippen LogP contribution < -0.4 is 0 Å². The van der Waals surface area contributed by atoms with Crippen molar-refractivity contribution in [2.75, 3.05) is 18.1 Å². The predicted molar refractivity (Wildman–Crippen MR) is 85.9 cm³/mol. The number of rotatable bonds is 5. The zero-order chi connectivity index (χ0) is 18.3. The van der Waals surface area contributed by atoms with E-state index in [1.165, 1.54) is 12.1 Å². The molecule has 8 nitrogen and oxygen atoms in total. The van der Waals surface area contributed by atoms with Crippen LogP contribution >= 0.6 is 0 Å². The summed E-state index contributed by atoms with van der Waals surface area (Å²) >= 11 is 0. The Bertz CT molecular complexity index is 861. The van der Waals surface area contributed by atoms with Crippen LogP contribution in [0.5, 0.6) is 0 Å². The number of carboxylic acid groups (broad SMARTS) is 1. The maximum atomic E-state index is 12.8. The molecule has 0 bridgehead atoms. The van der Waals surface area contributed by atoms with E-state index >= 15 is 0 Å². The SMILES string of the molecule is Cc1ccc(S(=O)(=O)N(CC(=O)O)[C@@H]2CS(=O)(=O)C[C@H]2O)cc1C. The highest BCUT2D eigenvalue weighted by molar-refractivity contribution is 7.92. The van der Waals surface area contributed by atoms with Crippen LogP contribution in [0.25, 0.3) is 0 Å². The third kappa shape index (κ3) is 3.77. The largest absolute Gasteiger partial charge is 0.480 e. The second-order valence-corrected chi connectivity index (χ2v) is 9.95. The van der Waals surface area contributed by atoms with Crippen LogP contribution in [-0.2, 0) is 24.7 Å². The van der Waals surface area contributed by atoms with Crippen molar-refractivity contribution in [1.82, 2.24) is 4.31 Å². The van der Waals surface area contributed by atoms with Gasteiger partial charge in [0.2, 0.25) is 10.0 Å². The highest BCUT2D eigenvalue weighted by Crippen LogP contribution is 2.26. The van der Waals surface area contributed by atoms with Crippen LogP contribution in [-0.4, -0.2) is 67.5 Å². The molecule has 2 rings (SSSR count). The second kappa shape index (κ2) is 6.43. The van der Waals surface area contributed by atoms with Crippen LogP contribution in [0.4, 0.5) is 0 Å². The summed E-state index contributed by atoms with van der Waals surface area (Å²) in [5.74, 6) is -2.62. The Morgan fingerprint density at radius 3 is 2.33 bits per heavy atom. The molecule has 1 aliphatic rings. The molecule has 1 heterocycles. The number of aryl methyl sites for hydroxylation is 2. The molecule has 0 radical (unpaired) electrons. The number of aliphatic hydroxyl groups is 1. The van der Waals surface area contributed by atoms with Crippen molar-refractivity contribution in [3.05, 3.63) is 29.3 Å². The molecule has 0 amide bonds. The maximum Gasteiger partial charge on any atom is 0.318 e. The molecule has 1 aliphatic heterocycles. The number of sulfonamides is 1. The minimum Gasteiger partial charge on any atom is -0.480 e. The number of nitrogens with zero attached hydrogens (tertiary/aromatic N) is 1. The summed E-state index contributed by atoms with van der Waals surface area (Å²) in [6.45, 7) is 2.59. The van der Waals surface area contributed by atoms with E-state index in [1.807, 2.05) is 0 Å². The molecule has 1 saturated heterocycles. The van der Waals surface area contributed by atoms with Gasteiger partial charge in [-0.15, -0.1) is 0 Å². The minimum absolute atomic E-state index is 0.136. The number of benzene rings is 1. The number of carboxylic acids is 1. The summed E-state index contributed by atoms with van der Waals surface area (Å²) in [4.78, 5) is 11.0. The van der Waals surface area contributed by atoms with Gasteiger partial charge in [-0.3, -0.25) is 4.79 Å². The van der Waals surface area contributed by atoms with Crippen molar-refractivity contribution < 1.29 is 31.8 Å². The Morgan fingerprint density at radius 1 is 1.25 bits per heavy atom. The molecular weight excluding hydrogens is 358 g/mol. The van der Waals surface area contributed by atoms with Gasteiger partial charge in [-0.1, -0.05) is 6.07 Å². The van der Waals surface area contributed by atoms with E-state index in [2.05, 4.69) is 0 Å². The van der Waals surface area contributed by atoms with Gasteiger partial charge in [0.05, 0.1) is 28.5 Å². The first-order valence-corrected chi connectivity index (χ1v) is 10.4. The molecule has 134 valence electrons. The molecule has 2 N–H and O–H groups in total. The number of hydrogen-bond donors (Lipinski definition) is 2. The fourth-order valence-electron chi connectivity index (χ4n) is 2.61. The van der Waals surface area contributed by atoms with Crippen LogP contribution in [0.1, 0.15) is 11.1 Å². The maximum absolute atomic E-state index is 12.8. The number of sulfone groups is 1. The number of aliphatic hydroxyl groups excluding tert-OH is 1. The van der Waals surface area contributed by atoms with Crippen molar-refractivity contribution in [2.24, 2.45) is 0 Å². The first-order valence-electron chi connectivity index (χ1n) is 7.13. The summed E-state index contributed by atoms with van der Waals surface area (Å²) in [6, 6.07) is 3.00. The molecule has 1 fully saturated rings. The normalized spacial score (nSPS) is 23.5. The summed E-state index contributed by atoms with van der Waals surface area (Å²) < 4.78 is 49.6. The number of hydrogen-bond acceptors (Lipinski definition) is 6. The molecule has 0 spiro atoms. The van der Waals surface area contributed by atoms with Gasteiger partial charge in [0.1, 0.15) is 6.54 Å². The average molecular weight is 377 g/mol. The topological polar surface area (TPSA) is 129 Å². The lowest BCUT2D eigenvalue weighted by Gasteiger charge is -2.28. The summed E-state index contributed by atoms with van der Waals surface area (Å²) in [7, 11) is -7.91. The number of carbonyl (C=O) groups is 1. The van der Waals surface area contributed by atoms with Crippen LogP contribution in [0.3, 0.4) is 0 Å². The lowest BCUT2D eigenvalue weighted by Crippen LogP contribution is -2.48. The Morgan fingerprint density at radius 2 is 1.88 bits per heavy atom. The van der Waals surface area contributed by atoms with E-state index in [9.17, 15) is 26.7 Å². The van der Waals surface area contributed by atoms with Crippen molar-refractivity contribution in [3.8, 4) is 0 Å². The summed E-state index contributed by atoms with van der Waals surface area (Å²) in [5, 5.41) is 19.0. The molecule has 1 aromatic carbocycles. The van der Waals surface area contributed by atoms with Crippen LogP contribution in [0.2, 0.25) is 0 Å². The lowest BCUT2D eigenvalue weighted by molar-refractivity contribution is -0.137. The monoisotopic (exact) mass is 377 g/mol. The van der Waals surface area contributed by atoms with Crippen molar-refractivity contribution in [3.63, 3.8) is 0 Å². The molecule has 0 unspecified atom stereocenters. The third-order valence-corrected chi connectivity index (χ3v) is 7.61. The summed E-state index contributed by atoms with van der Waals surface area (Å²) in [6.07, 6.45) is -1.46. The first-order chi connectivity index (χ1) is 10.9. The van der Waals surface area contributed by atoms with Gasteiger partial charge >= 0.3 is 5.97 Å². The van der Waals surface area contributed by atoms with Gasteiger partial charge in [-0.2, -0.15) is 4.31 Å². The highest BCUT2D eigenvalue weighted by Gasteiger charge is 2.45. The average Bonchev–Trinajstić information content (AvgIpc) is 2.71. The molecule has 0 aliphatic carbocycles. The Labute approximate surface area is 140 Å². The third-order valence-electron chi connectivity index (χ3n) is 4.04. The molecule has 10 heteroatoms. The van der Waals surface area contributed by atoms with Gasteiger partial charge in [-0.05, 0) is 37.1 Å². The van der Waals surface area contributed by atoms with Gasteiger partial charge in [-0.25, -0.2) is 16.8 Å². The Kier molecular flexibility index (Phi) is 5.05. The zero-order valence-corrected chi connectivity index (χ0v) is 14.8. The van der Waals surface area contributed by atoms with Gasteiger partial charge in [0.15, 0.2) is 9.84 Å².